The van der Waals surface area contributed by atoms with E-state index in [0.29, 0.717) is 0 Å². The predicted octanol–water partition coefficient (Wildman–Crippen LogP) is 0.903. The second kappa shape index (κ2) is 5.53. The Hall–Kier alpha value is -1.04. The summed E-state index contributed by atoms with van der Waals surface area (Å²) in [5.41, 5.74) is 0.231. The zero-order chi connectivity index (χ0) is 12.3. The summed E-state index contributed by atoms with van der Waals surface area (Å²) in [6.45, 7) is 2.84. The second-order valence-electron chi connectivity index (χ2n) is 4.15. The fourth-order valence-corrected chi connectivity index (χ4v) is 2.17. The standard InChI is InChI=1S/C12H16F2N2O/c13-9-1-2-11(14)10(7-9)12(8-17)16-5-3-15-4-6-16/h1-2,7,12,15,17H,3-6,8H2. The molecule has 0 aliphatic carbocycles. The zero-order valence-electron chi connectivity index (χ0n) is 9.50. The van der Waals surface area contributed by atoms with Gasteiger partial charge in [-0.15, -0.1) is 0 Å². The van der Waals surface area contributed by atoms with Crippen molar-refractivity contribution in [2.75, 3.05) is 32.8 Å². The predicted molar refractivity (Wildman–Crippen MR) is 60.6 cm³/mol. The average Bonchev–Trinajstić information content (AvgIpc) is 2.36. The van der Waals surface area contributed by atoms with Crippen LogP contribution in [-0.2, 0) is 0 Å². The van der Waals surface area contributed by atoms with Crippen LogP contribution >= 0.6 is 0 Å². The molecule has 0 radical (unpaired) electrons. The van der Waals surface area contributed by atoms with Gasteiger partial charge in [-0.25, -0.2) is 8.78 Å². The Balaban J connectivity index is 2.24. The van der Waals surface area contributed by atoms with Crippen LogP contribution in [0.25, 0.3) is 0 Å². The molecule has 1 aromatic carbocycles. The minimum absolute atomic E-state index is 0.208. The summed E-state index contributed by atoms with van der Waals surface area (Å²) in [5.74, 6) is -0.945. The molecule has 2 rings (SSSR count). The summed E-state index contributed by atoms with van der Waals surface area (Å²) >= 11 is 0. The second-order valence-corrected chi connectivity index (χ2v) is 4.15. The van der Waals surface area contributed by atoms with E-state index < -0.39 is 17.7 Å². The Bertz CT molecular complexity index is 381. The van der Waals surface area contributed by atoms with Crippen LogP contribution in [0.4, 0.5) is 8.78 Å². The van der Waals surface area contributed by atoms with Gasteiger partial charge in [-0.05, 0) is 18.2 Å². The van der Waals surface area contributed by atoms with Gasteiger partial charge in [0.15, 0.2) is 0 Å². The molecule has 1 unspecified atom stereocenters. The summed E-state index contributed by atoms with van der Waals surface area (Å²) in [6, 6.07) is 2.89. The van der Waals surface area contributed by atoms with Gasteiger partial charge in [0, 0.05) is 31.7 Å². The minimum Gasteiger partial charge on any atom is -0.394 e. The van der Waals surface area contributed by atoms with Crippen molar-refractivity contribution in [1.29, 1.82) is 0 Å². The molecule has 1 aliphatic rings. The third kappa shape index (κ3) is 2.80. The molecule has 94 valence electrons. The Labute approximate surface area is 99.1 Å². The lowest BCUT2D eigenvalue weighted by Gasteiger charge is -2.34. The van der Waals surface area contributed by atoms with Crippen molar-refractivity contribution in [2.45, 2.75) is 6.04 Å². The first-order valence-electron chi connectivity index (χ1n) is 5.73. The fraction of sp³-hybridized carbons (Fsp3) is 0.500. The van der Waals surface area contributed by atoms with E-state index in [1.165, 1.54) is 0 Å². The number of hydrogen-bond acceptors (Lipinski definition) is 3. The van der Waals surface area contributed by atoms with Gasteiger partial charge in [-0.2, -0.15) is 0 Å². The number of aliphatic hydroxyl groups is 1. The number of benzene rings is 1. The zero-order valence-corrected chi connectivity index (χ0v) is 9.50. The van der Waals surface area contributed by atoms with Gasteiger partial charge in [-0.3, -0.25) is 4.90 Å². The van der Waals surface area contributed by atoms with Crippen molar-refractivity contribution in [3.8, 4) is 0 Å². The molecule has 1 saturated heterocycles. The topological polar surface area (TPSA) is 35.5 Å². The third-order valence-electron chi connectivity index (χ3n) is 3.08. The molecule has 1 aromatic rings. The van der Waals surface area contributed by atoms with Crippen LogP contribution in [-0.4, -0.2) is 42.8 Å². The van der Waals surface area contributed by atoms with Crippen LogP contribution in [0.2, 0.25) is 0 Å². The molecule has 5 heteroatoms. The van der Waals surface area contributed by atoms with E-state index in [1.807, 2.05) is 4.90 Å². The summed E-state index contributed by atoms with van der Waals surface area (Å²) < 4.78 is 26.8. The van der Waals surface area contributed by atoms with Crippen LogP contribution in [0.1, 0.15) is 11.6 Å². The first kappa shape index (κ1) is 12.4. The van der Waals surface area contributed by atoms with Crippen LogP contribution in [0.5, 0.6) is 0 Å². The van der Waals surface area contributed by atoms with Crippen LogP contribution in [0.3, 0.4) is 0 Å². The molecule has 0 aromatic heterocycles. The lowest BCUT2D eigenvalue weighted by molar-refractivity contribution is 0.108. The number of piperazine rings is 1. The molecular formula is C12H16F2N2O. The van der Waals surface area contributed by atoms with Crippen molar-refractivity contribution in [3.05, 3.63) is 35.4 Å². The third-order valence-corrected chi connectivity index (χ3v) is 3.08. The van der Waals surface area contributed by atoms with Crippen LogP contribution < -0.4 is 5.32 Å². The van der Waals surface area contributed by atoms with Gasteiger partial charge in [0.25, 0.3) is 0 Å². The quantitative estimate of drug-likeness (QED) is 0.826. The number of rotatable bonds is 3. The normalized spacial score (nSPS) is 19.2. The maximum Gasteiger partial charge on any atom is 0.128 e. The fourth-order valence-electron chi connectivity index (χ4n) is 2.17. The maximum atomic E-state index is 13.6. The first-order valence-corrected chi connectivity index (χ1v) is 5.73. The van der Waals surface area contributed by atoms with E-state index in [4.69, 9.17) is 0 Å². The first-order chi connectivity index (χ1) is 8.22. The van der Waals surface area contributed by atoms with Gasteiger partial charge in [0.05, 0.1) is 12.6 Å². The van der Waals surface area contributed by atoms with E-state index >= 15 is 0 Å². The minimum atomic E-state index is -0.477. The number of hydrogen-bond donors (Lipinski definition) is 2. The van der Waals surface area contributed by atoms with Crippen molar-refractivity contribution in [2.24, 2.45) is 0 Å². The maximum absolute atomic E-state index is 13.6. The molecule has 17 heavy (non-hydrogen) atoms. The summed E-state index contributed by atoms with van der Waals surface area (Å²) in [5, 5.41) is 12.6. The van der Waals surface area contributed by atoms with Crippen molar-refractivity contribution < 1.29 is 13.9 Å². The Kier molecular flexibility index (Phi) is 4.04. The molecule has 0 saturated carbocycles. The number of nitrogens with zero attached hydrogens (tertiary/aromatic N) is 1. The SMILES string of the molecule is OCC(c1cc(F)ccc1F)N1CCNCC1. The van der Waals surface area contributed by atoms with Crippen molar-refractivity contribution >= 4 is 0 Å². The molecule has 0 bridgehead atoms. The smallest absolute Gasteiger partial charge is 0.128 e. The molecule has 1 aliphatic heterocycles. The average molecular weight is 242 g/mol. The monoisotopic (exact) mass is 242 g/mol. The highest BCUT2D eigenvalue weighted by Crippen LogP contribution is 2.24. The Morgan fingerprint density at radius 3 is 2.65 bits per heavy atom. The lowest BCUT2D eigenvalue weighted by Crippen LogP contribution is -2.46. The number of aliphatic hydroxyl groups excluding tert-OH is 1. The highest BCUT2D eigenvalue weighted by molar-refractivity contribution is 5.22. The van der Waals surface area contributed by atoms with Crippen molar-refractivity contribution in [3.63, 3.8) is 0 Å². The van der Waals surface area contributed by atoms with E-state index in [-0.39, 0.29) is 12.2 Å². The van der Waals surface area contributed by atoms with Gasteiger partial charge < -0.3 is 10.4 Å². The van der Waals surface area contributed by atoms with Gasteiger partial charge in [0.1, 0.15) is 11.6 Å². The summed E-state index contributed by atoms with van der Waals surface area (Å²) in [7, 11) is 0. The van der Waals surface area contributed by atoms with Gasteiger partial charge >= 0.3 is 0 Å². The van der Waals surface area contributed by atoms with Crippen LogP contribution in [0, 0.1) is 11.6 Å². The molecule has 1 fully saturated rings. The summed E-state index contributed by atoms with van der Waals surface area (Å²) in [6.07, 6.45) is 0. The van der Waals surface area contributed by atoms with E-state index in [9.17, 15) is 13.9 Å². The highest BCUT2D eigenvalue weighted by Gasteiger charge is 2.24. The Morgan fingerprint density at radius 2 is 2.00 bits per heavy atom. The van der Waals surface area contributed by atoms with Crippen molar-refractivity contribution in [1.82, 2.24) is 10.2 Å². The lowest BCUT2D eigenvalue weighted by atomic mass is 10.0. The molecule has 0 spiro atoms. The number of halogens is 2. The van der Waals surface area contributed by atoms with Crippen LogP contribution in [0.15, 0.2) is 18.2 Å². The number of nitrogens with one attached hydrogen (secondary N) is 1. The molecular weight excluding hydrogens is 226 g/mol. The molecule has 2 N–H and O–H groups in total. The molecule has 1 atom stereocenters. The Morgan fingerprint density at radius 1 is 1.29 bits per heavy atom. The largest absolute Gasteiger partial charge is 0.394 e. The molecule has 1 heterocycles. The van der Waals surface area contributed by atoms with E-state index in [1.54, 1.807) is 0 Å². The summed E-state index contributed by atoms with van der Waals surface area (Å²) in [4.78, 5) is 1.97. The van der Waals surface area contributed by atoms with E-state index in [0.717, 1.165) is 44.4 Å². The highest BCUT2D eigenvalue weighted by atomic mass is 19.1. The van der Waals surface area contributed by atoms with Gasteiger partial charge in [0.2, 0.25) is 0 Å². The van der Waals surface area contributed by atoms with Gasteiger partial charge in [-0.1, -0.05) is 0 Å². The molecule has 0 amide bonds. The van der Waals surface area contributed by atoms with E-state index in [2.05, 4.69) is 5.32 Å². The molecule has 3 nitrogen and oxygen atoms in total.